The van der Waals surface area contributed by atoms with Gasteiger partial charge in [-0.25, -0.2) is 4.98 Å². The summed E-state index contributed by atoms with van der Waals surface area (Å²) in [5.41, 5.74) is 2.16. The second kappa shape index (κ2) is 8.86. The molecule has 2 aromatic carbocycles. The zero-order chi connectivity index (χ0) is 22.1. The number of hydrogen-bond acceptors (Lipinski definition) is 5. The molecule has 0 bridgehead atoms. The van der Waals surface area contributed by atoms with Crippen LogP contribution in [0.5, 0.6) is 0 Å². The molecule has 3 aromatic rings. The predicted octanol–water partition coefficient (Wildman–Crippen LogP) is 4.10. The molecule has 1 aromatic heterocycles. The summed E-state index contributed by atoms with van der Waals surface area (Å²) < 4.78 is 12.4. The molecule has 0 N–H and O–H groups in total. The van der Waals surface area contributed by atoms with E-state index in [0.29, 0.717) is 33.7 Å². The van der Waals surface area contributed by atoms with E-state index in [9.17, 15) is 9.59 Å². The van der Waals surface area contributed by atoms with Crippen LogP contribution in [0.3, 0.4) is 0 Å². The Morgan fingerprint density at radius 3 is 2.65 bits per heavy atom. The van der Waals surface area contributed by atoms with Crippen molar-refractivity contribution in [1.82, 2.24) is 9.55 Å². The van der Waals surface area contributed by atoms with E-state index in [1.165, 1.54) is 4.90 Å². The molecular weight excluding hydrogens is 441 g/mol. The van der Waals surface area contributed by atoms with Crippen molar-refractivity contribution in [3.8, 4) is 0 Å². The summed E-state index contributed by atoms with van der Waals surface area (Å²) in [5.74, 6) is -1.66. The van der Waals surface area contributed by atoms with E-state index in [2.05, 4.69) is 0 Å². The molecule has 162 valence electrons. The van der Waals surface area contributed by atoms with Crippen LogP contribution in [-0.2, 0) is 19.1 Å². The third-order valence-electron chi connectivity index (χ3n) is 5.29. The lowest BCUT2D eigenvalue weighted by Crippen LogP contribution is -2.51. The maximum Gasteiger partial charge on any atom is 0.321 e. The molecule has 0 saturated carbocycles. The minimum Gasteiger partial charge on any atom is -0.465 e. The first-order valence-electron chi connectivity index (χ1n) is 9.86. The van der Waals surface area contributed by atoms with Crippen molar-refractivity contribution in [2.45, 2.75) is 13.0 Å². The molecule has 0 saturated heterocycles. The number of fused-ring (bicyclic) bond motifs is 3. The van der Waals surface area contributed by atoms with Gasteiger partial charge in [-0.3, -0.25) is 14.5 Å². The van der Waals surface area contributed by atoms with Crippen molar-refractivity contribution in [2.24, 2.45) is 5.92 Å². The largest absolute Gasteiger partial charge is 0.465 e. The zero-order valence-electron chi connectivity index (χ0n) is 17.0. The van der Waals surface area contributed by atoms with Crippen molar-refractivity contribution in [3.05, 3.63) is 58.1 Å². The third kappa shape index (κ3) is 3.78. The minimum absolute atomic E-state index is 0.159. The number of ether oxygens (including phenoxy) is 2. The van der Waals surface area contributed by atoms with Gasteiger partial charge < -0.3 is 14.0 Å². The van der Waals surface area contributed by atoms with Crippen LogP contribution in [0.4, 0.5) is 5.95 Å². The first kappa shape index (κ1) is 21.6. The molecule has 4 rings (SSSR count). The molecule has 2 atom stereocenters. The summed E-state index contributed by atoms with van der Waals surface area (Å²) >= 11 is 12.4. The quantitative estimate of drug-likeness (QED) is 0.407. The van der Waals surface area contributed by atoms with Gasteiger partial charge in [0.05, 0.1) is 46.9 Å². The van der Waals surface area contributed by atoms with Crippen molar-refractivity contribution in [1.29, 1.82) is 0 Å². The second-order valence-corrected chi connectivity index (χ2v) is 7.92. The van der Waals surface area contributed by atoms with E-state index >= 15 is 0 Å². The van der Waals surface area contributed by atoms with E-state index in [0.717, 1.165) is 5.52 Å². The average Bonchev–Trinajstić information content (AvgIpc) is 3.13. The number of halogens is 2. The van der Waals surface area contributed by atoms with E-state index in [1.807, 2.05) is 28.8 Å². The molecule has 2 heterocycles. The number of anilines is 1. The average molecular weight is 462 g/mol. The fourth-order valence-corrected chi connectivity index (χ4v) is 4.25. The Morgan fingerprint density at radius 1 is 1.16 bits per heavy atom. The highest BCUT2D eigenvalue weighted by atomic mass is 35.5. The first-order chi connectivity index (χ1) is 15.0. The molecule has 0 fully saturated rings. The molecule has 0 spiro atoms. The maximum atomic E-state index is 13.6. The minimum atomic E-state index is -1.11. The summed E-state index contributed by atoms with van der Waals surface area (Å²) in [7, 11) is 1.55. The number of carbonyl (C=O) groups is 2. The molecule has 31 heavy (non-hydrogen) atoms. The SMILES string of the molecule is CCOC(=O)[C@@H]1C(=O)N(CCOC)c2nc3ccccc3n2[C@@H]1c1ccc(Cl)c(Cl)c1. The molecule has 0 aliphatic carbocycles. The van der Waals surface area contributed by atoms with Crippen LogP contribution in [0.25, 0.3) is 11.0 Å². The van der Waals surface area contributed by atoms with Crippen LogP contribution in [0, 0.1) is 5.92 Å². The molecule has 0 radical (unpaired) electrons. The zero-order valence-corrected chi connectivity index (χ0v) is 18.6. The van der Waals surface area contributed by atoms with Gasteiger partial charge in [-0.2, -0.15) is 0 Å². The number of benzene rings is 2. The van der Waals surface area contributed by atoms with E-state index in [-0.39, 0.29) is 13.2 Å². The predicted molar refractivity (Wildman–Crippen MR) is 119 cm³/mol. The molecular formula is C22H21Cl2N3O4. The summed E-state index contributed by atoms with van der Waals surface area (Å²) in [6.45, 7) is 2.41. The number of rotatable bonds is 6. The summed E-state index contributed by atoms with van der Waals surface area (Å²) in [6.07, 6.45) is 0. The fourth-order valence-electron chi connectivity index (χ4n) is 3.94. The highest BCUT2D eigenvalue weighted by Crippen LogP contribution is 2.42. The monoisotopic (exact) mass is 461 g/mol. The fraction of sp³-hybridized carbons (Fsp3) is 0.318. The number of aromatic nitrogens is 2. The number of imidazole rings is 1. The highest BCUT2D eigenvalue weighted by Gasteiger charge is 2.47. The van der Waals surface area contributed by atoms with Crippen molar-refractivity contribution < 1.29 is 19.1 Å². The summed E-state index contributed by atoms with van der Waals surface area (Å²) in [6, 6.07) is 11.9. The number of nitrogens with zero attached hydrogens (tertiary/aromatic N) is 3. The van der Waals surface area contributed by atoms with Crippen LogP contribution < -0.4 is 4.90 Å². The molecule has 9 heteroatoms. The Labute approximate surface area is 189 Å². The van der Waals surface area contributed by atoms with Gasteiger partial charge >= 0.3 is 5.97 Å². The Bertz CT molecular complexity index is 1150. The Hall–Kier alpha value is -2.61. The second-order valence-electron chi connectivity index (χ2n) is 7.10. The van der Waals surface area contributed by atoms with Crippen LogP contribution >= 0.6 is 23.2 Å². The smallest absolute Gasteiger partial charge is 0.321 e. The number of para-hydroxylation sites is 2. The van der Waals surface area contributed by atoms with Gasteiger partial charge in [0.1, 0.15) is 0 Å². The number of carbonyl (C=O) groups excluding carboxylic acids is 2. The van der Waals surface area contributed by atoms with E-state index in [1.54, 1.807) is 32.2 Å². The summed E-state index contributed by atoms with van der Waals surface area (Å²) in [5, 5.41) is 0.722. The number of hydrogen-bond donors (Lipinski definition) is 0. The van der Waals surface area contributed by atoms with Gasteiger partial charge in [-0.15, -0.1) is 0 Å². The van der Waals surface area contributed by atoms with Gasteiger partial charge in [0, 0.05) is 7.11 Å². The Balaban J connectivity index is 1.99. The molecule has 1 aliphatic heterocycles. The van der Waals surface area contributed by atoms with Gasteiger partial charge in [0.2, 0.25) is 11.9 Å². The maximum absolute atomic E-state index is 13.6. The van der Waals surface area contributed by atoms with E-state index < -0.39 is 23.8 Å². The van der Waals surface area contributed by atoms with Crippen molar-refractivity contribution in [3.63, 3.8) is 0 Å². The van der Waals surface area contributed by atoms with Crippen LogP contribution in [0.15, 0.2) is 42.5 Å². The van der Waals surface area contributed by atoms with Crippen LogP contribution in [0.1, 0.15) is 18.5 Å². The molecule has 1 aliphatic rings. The van der Waals surface area contributed by atoms with Gasteiger partial charge in [-0.1, -0.05) is 41.4 Å². The highest BCUT2D eigenvalue weighted by molar-refractivity contribution is 6.42. The first-order valence-corrected chi connectivity index (χ1v) is 10.6. The van der Waals surface area contributed by atoms with Crippen molar-refractivity contribution >= 4 is 52.1 Å². The van der Waals surface area contributed by atoms with Crippen LogP contribution in [-0.4, -0.2) is 48.3 Å². The lowest BCUT2D eigenvalue weighted by molar-refractivity contribution is -0.153. The summed E-state index contributed by atoms with van der Waals surface area (Å²) in [4.78, 5) is 32.8. The lowest BCUT2D eigenvalue weighted by atomic mass is 9.89. The van der Waals surface area contributed by atoms with E-state index in [4.69, 9.17) is 37.7 Å². The van der Waals surface area contributed by atoms with Crippen LogP contribution in [0.2, 0.25) is 10.0 Å². The Morgan fingerprint density at radius 2 is 1.94 bits per heavy atom. The van der Waals surface area contributed by atoms with Gasteiger partial charge in [-0.05, 0) is 36.8 Å². The molecule has 0 unspecified atom stereocenters. The number of esters is 1. The topological polar surface area (TPSA) is 73.7 Å². The number of methoxy groups -OCH3 is 1. The standard InChI is InChI=1S/C22H21Cl2N3O4/c1-3-31-21(29)18-19(13-8-9-14(23)15(24)12-13)27-17-7-5-4-6-16(17)25-22(27)26(20(18)28)10-11-30-2/h4-9,12,18-19H,3,10-11H2,1-2H3/t18-,19+/m0/s1. The molecule has 7 nitrogen and oxygen atoms in total. The number of amides is 1. The molecule has 1 amide bonds. The van der Waals surface area contributed by atoms with Crippen molar-refractivity contribution in [2.75, 3.05) is 31.8 Å². The lowest BCUT2D eigenvalue weighted by Gasteiger charge is -2.37. The Kier molecular flexibility index (Phi) is 6.18. The van der Waals surface area contributed by atoms with Gasteiger partial charge in [0.15, 0.2) is 5.92 Å². The normalized spacial score (nSPS) is 18.3. The third-order valence-corrected chi connectivity index (χ3v) is 6.03. The van der Waals surface area contributed by atoms with Gasteiger partial charge in [0.25, 0.3) is 0 Å².